The first-order valence-electron chi connectivity index (χ1n) is 5.93. The van der Waals surface area contributed by atoms with Crippen molar-refractivity contribution in [1.82, 2.24) is 0 Å². The first-order chi connectivity index (χ1) is 9.95. The number of halogens is 6. The lowest BCUT2D eigenvalue weighted by molar-refractivity contribution is -0.143. The van der Waals surface area contributed by atoms with Crippen LogP contribution in [0.2, 0.25) is 0 Å². The summed E-state index contributed by atoms with van der Waals surface area (Å²) in [6.07, 6.45) is -10.6. The van der Waals surface area contributed by atoms with Gasteiger partial charge in [-0.3, -0.25) is 4.79 Å². The average Bonchev–Trinajstić information content (AvgIpc) is 2.36. The molecular weight excluding hydrogens is 334 g/mol. The smallest absolute Gasteiger partial charge is 0.388 e. The SMILES string of the molecule is CSCC(=O)CC(O)c1cc(C(F)(F)F)cc(C(F)(F)F)c1. The summed E-state index contributed by atoms with van der Waals surface area (Å²) in [5.41, 5.74) is -3.63. The molecular formula is C13H12F6O2S. The van der Waals surface area contributed by atoms with E-state index in [0.29, 0.717) is 12.1 Å². The molecule has 0 fully saturated rings. The molecule has 0 saturated heterocycles. The van der Waals surface area contributed by atoms with Gasteiger partial charge in [0.1, 0.15) is 5.78 Å². The minimum atomic E-state index is -4.99. The van der Waals surface area contributed by atoms with Crippen molar-refractivity contribution >= 4 is 17.5 Å². The van der Waals surface area contributed by atoms with Crippen molar-refractivity contribution < 1.29 is 36.2 Å². The Bertz CT molecular complexity index is 506. The van der Waals surface area contributed by atoms with Gasteiger partial charge < -0.3 is 5.11 Å². The summed E-state index contributed by atoms with van der Waals surface area (Å²) in [6.45, 7) is 0. The maximum atomic E-state index is 12.7. The van der Waals surface area contributed by atoms with Crippen molar-refractivity contribution in [3.63, 3.8) is 0 Å². The van der Waals surface area contributed by atoms with Crippen LogP contribution < -0.4 is 0 Å². The van der Waals surface area contributed by atoms with Crippen LogP contribution in [0.15, 0.2) is 18.2 Å². The molecule has 0 saturated carbocycles. The van der Waals surface area contributed by atoms with Crippen LogP contribution in [-0.2, 0) is 17.1 Å². The molecule has 22 heavy (non-hydrogen) atoms. The number of thioether (sulfide) groups is 1. The Hall–Kier alpha value is -1.22. The molecule has 9 heteroatoms. The van der Waals surface area contributed by atoms with Crippen molar-refractivity contribution in [3.05, 3.63) is 34.9 Å². The number of alkyl halides is 6. The summed E-state index contributed by atoms with van der Waals surface area (Å²) in [6, 6.07) is 0.818. The monoisotopic (exact) mass is 346 g/mol. The fourth-order valence-corrected chi connectivity index (χ4v) is 2.16. The molecule has 1 atom stereocenters. The molecule has 1 rings (SSSR count). The molecule has 2 nitrogen and oxygen atoms in total. The third kappa shape index (κ3) is 5.20. The summed E-state index contributed by atoms with van der Waals surface area (Å²) in [4.78, 5) is 11.4. The first kappa shape index (κ1) is 18.8. The average molecular weight is 346 g/mol. The molecule has 0 bridgehead atoms. The Balaban J connectivity index is 3.21. The topological polar surface area (TPSA) is 37.3 Å². The molecule has 1 N–H and O–H groups in total. The van der Waals surface area contributed by atoms with Gasteiger partial charge in [0.05, 0.1) is 23.0 Å². The predicted octanol–water partition coefficient (Wildman–Crippen LogP) is 4.08. The van der Waals surface area contributed by atoms with Gasteiger partial charge >= 0.3 is 12.4 Å². The van der Waals surface area contributed by atoms with Gasteiger partial charge in [0.2, 0.25) is 0 Å². The number of hydrogen-bond acceptors (Lipinski definition) is 3. The highest BCUT2D eigenvalue weighted by Gasteiger charge is 2.37. The molecule has 1 aromatic rings. The van der Waals surface area contributed by atoms with Crippen molar-refractivity contribution in [2.75, 3.05) is 12.0 Å². The van der Waals surface area contributed by atoms with E-state index in [2.05, 4.69) is 0 Å². The lowest BCUT2D eigenvalue weighted by Crippen LogP contribution is -2.14. The van der Waals surface area contributed by atoms with Crippen molar-refractivity contribution in [1.29, 1.82) is 0 Å². The fraction of sp³-hybridized carbons (Fsp3) is 0.462. The number of carbonyl (C=O) groups is 1. The molecule has 0 aliphatic heterocycles. The molecule has 0 spiro atoms. The molecule has 0 radical (unpaired) electrons. The normalized spacial score (nSPS) is 14.0. The maximum Gasteiger partial charge on any atom is 0.416 e. The molecule has 124 valence electrons. The summed E-state index contributed by atoms with van der Waals surface area (Å²) in [5, 5.41) is 9.73. The number of rotatable bonds is 5. The fourth-order valence-electron chi connectivity index (χ4n) is 1.72. The largest absolute Gasteiger partial charge is 0.416 e. The lowest BCUT2D eigenvalue weighted by Gasteiger charge is -2.17. The zero-order valence-corrected chi connectivity index (χ0v) is 12.1. The summed E-state index contributed by atoms with van der Waals surface area (Å²) in [5.74, 6) is -0.451. The minimum absolute atomic E-state index is 0.0160. The first-order valence-corrected chi connectivity index (χ1v) is 7.32. The zero-order valence-electron chi connectivity index (χ0n) is 11.3. The quantitative estimate of drug-likeness (QED) is 0.817. The van der Waals surface area contributed by atoms with Gasteiger partial charge in [-0.1, -0.05) is 0 Å². The standard InChI is InChI=1S/C13H12F6O2S/c1-22-6-10(20)5-11(21)7-2-8(12(14,15)16)4-9(3-7)13(17,18)19/h2-4,11,21H,5-6H2,1H3. The van der Waals surface area contributed by atoms with Crippen LogP contribution in [0.1, 0.15) is 29.2 Å². The van der Waals surface area contributed by atoms with Gasteiger partial charge in [-0.2, -0.15) is 38.1 Å². The van der Waals surface area contributed by atoms with Gasteiger partial charge in [0.15, 0.2) is 0 Å². The van der Waals surface area contributed by atoms with Crippen LogP contribution in [0.5, 0.6) is 0 Å². The van der Waals surface area contributed by atoms with E-state index in [4.69, 9.17) is 0 Å². The van der Waals surface area contributed by atoms with E-state index in [-0.39, 0.29) is 11.8 Å². The third-order valence-electron chi connectivity index (χ3n) is 2.72. The van der Waals surface area contributed by atoms with Gasteiger partial charge in [-0.05, 0) is 30.0 Å². The van der Waals surface area contributed by atoms with Crippen LogP contribution in [0.3, 0.4) is 0 Å². The van der Waals surface area contributed by atoms with E-state index >= 15 is 0 Å². The van der Waals surface area contributed by atoms with Crippen LogP contribution in [-0.4, -0.2) is 22.9 Å². The van der Waals surface area contributed by atoms with Crippen LogP contribution >= 0.6 is 11.8 Å². The number of Topliss-reactive ketones (excluding diaryl/α,β-unsaturated/α-hetero) is 1. The summed E-state index contributed by atoms with van der Waals surface area (Å²) < 4.78 is 76.0. The van der Waals surface area contributed by atoms with Crippen LogP contribution in [0.25, 0.3) is 0 Å². The summed E-state index contributed by atoms with van der Waals surface area (Å²) >= 11 is 1.14. The second-order valence-corrected chi connectivity index (χ2v) is 5.40. The Labute approximate surface area is 126 Å². The second-order valence-electron chi connectivity index (χ2n) is 4.53. The van der Waals surface area contributed by atoms with E-state index in [1.807, 2.05) is 0 Å². The van der Waals surface area contributed by atoms with E-state index < -0.39 is 47.4 Å². The number of ketones is 1. The van der Waals surface area contributed by atoms with Gasteiger partial charge in [-0.15, -0.1) is 0 Å². The molecule has 0 aliphatic carbocycles. The predicted molar refractivity (Wildman–Crippen MR) is 69.4 cm³/mol. The van der Waals surface area contributed by atoms with Crippen molar-refractivity contribution in [3.8, 4) is 0 Å². The number of aliphatic hydroxyl groups excluding tert-OH is 1. The highest BCUT2D eigenvalue weighted by molar-refractivity contribution is 7.99. The summed E-state index contributed by atoms with van der Waals surface area (Å²) in [7, 11) is 0. The number of carbonyl (C=O) groups excluding carboxylic acids is 1. The highest BCUT2D eigenvalue weighted by atomic mass is 32.2. The lowest BCUT2D eigenvalue weighted by atomic mass is 9.98. The minimum Gasteiger partial charge on any atom is -0.388 e. The van der Waals surface area contributed by atoms with E-state index in [1.165, 1.54) is 0 Å². The van der Waals surface area contributed by atoms with Crippen LogP contribution in [0, 0.1) is 0 Å². The highest BCUT2D eigenvalue weighted by Crippen LogP contribution is 2.37. The van der Waals surface area contributed by atoms with Crippen LogP contribution in [0.4, 0.5) is 26.3 Å². The van der Waals surface area contributed by atoms with E-state index in [0.717, 1.165) is 11.8 Å². The zero-order chi connectivity index (χ0) is 17.1. The molecule has 1 unspecified atom stereocenters. The maximum absolute atomic E-state index is 12.7. The van der Waals surface area contributed by atoms with Gasteiger partial charge in [0.25, 0.3) is 0 Å². The molecule has 0 aliphatic rings. The molecule has 1 aromatic carbocycles. The molecule has 0 amide bonds. The molecule has 0 heterocycles. The number of aliphatic hydroxyl groups is 1. The second kappa shape index (κ2) is 6.91. The number of benzene rings is 1. The van der Waals surface area contributed by atoms with Crippen molar-refractivity contribution in [2.45, 2.75) is 24.9 Å². The van der Waals surface area contributed by atoms with Crippen molar-refractivity contribution in [2.24, 2.45) is 0 Å². The van der Waals surface area contributed by atoms with Gasteiger partial charge in [-0.25, -0.2) is 0 Å². The Morgan fingerprint density at radius 1 is 1.09 bits per heavy atom. The van der Waals surface area contributed by atoms with E-state index in [1.54, 1.807) is 6.26 Å². The molecule has 0 aromatic heterocycles. The Kier molecular flexibility index (Phi) is 5.91. The van der Waals surface area contributed by atoms with Gasteiger partial charge in [0, 0.05) is 6.42 Å². The van der Waals surface area contributed by atoms with E-state index in [9.17, 15) is 36.2 Å². The Morgan fingerprint density at radius 3 is 1.91 bits per heavy atom. The number of hydrogen-bond donors (Lipinski definition) is 1. The Morgan fingerprint density at radius 2 is 1.55 bits per heavy atom. The third-order valence-corrected chi connectivity index (χ3v) is 3.33.